The Bertz CT molecular complexity index is 366. The van der Waals surface area contributed by atoms with Gasteiger partial charge in [0.2, 0.25) is 11.8 Å². The molecule has 0 aromatic carbocycles. The van der Waals surface area contributed by atoms with E-state index in [9.17, 15) is 14.4 Å². The number of hydrogen-bond donors (Lipinski definition) is 1. The van der Waals surface area contributed by atoms with Crippen LogP contribution < -0.4 is 0 Å². The van der Waals surface area contributed by atoms with Gasteiger partial charge < -0.3 is 10.0 Å². The fourth-order valence-corrected chi connectivity index (χ4v) is 2.68. The highest BCUT2D eigenvalue weighted by atomic mass is 16.4. The first-order valence-electron chi connectivity index (χ1n) is 6.27. The molecule has 0 aliphatic carbocycles. The fourth-order valence-electron chi connectivity index (χ4n) is 2.68. The van der Waals surface area contributed by atoms with E-state index >= 15 is 0 Å². The Kier molecular flexibility index (Phi) is 3.65. The molecule has 0 aromatic heterocycles. The van der Waals surface area contributed by atoms with Crippen molar-refractivity contribution in [3.8, 4) is 0 Å². The second kappa shape index (κ2) is 5.06. The Morgan fingerprint density at radius 2 is 1.83 bits per heavy atom. The van der Waals surface area contributed by atoms with E-state index in [4.69, 9.17) is 5.11 Å². The number of aliphatic carboxylic acids is 1. The lowest BCUT2D eigenvalue weighted by molar-refractivity contribution is -0.143. The fraction of sp³-hybridized carbons (Fsp3) is 0.750. The number of nitrogens with zero attached hydrogens (tertiary/aromatic N) is 2. The lowest BCUT2D eigenvalue weighted by Crippen LogP contribution is -2.37. The minimum Gasteiger partial charge on any atom is -0.481 e. The van der Waals surface area contributed by atoms with Gasteiger partial charge in [0.15, 0.2) is 0 Å². The van der Waals surface area contributed by atoms with E-state index in [1.807, 2.05) is 11.8 Å². The van der Waals surface area contributed by atoms with E-state index in [2.05, 4.69) is 0 Å². The molecule has 6 nitrogen and oxygen atoms in total. The van der Waals surface area contributed by atoms with Gasteiger partial charge in [0.1, 0.15) is 0 Å². The minimum atomic E-state index is -0.765. The molecule has 2 amide bonds. The van der Waals surface area contributed by atoms with E-state index in [0.29, 0.717) is 39.0 Å². The lowest BCUT2D eigenvalue weighted by Gasteiger charge is -2.19. The summed E-state index contributed by atoms with van der Waals surface area (Å²) in [6, 6.07) is 0. The van der Waals surface area contributed by atoms with Gasteiger partial charge in [-0.3, -0.25) is 19.3 Å². The number of carbonyl (C=O) groups is 3. The Morgan fingerprint density at radius 3 is 2.33 bits per heavy atom. The zero-order valence-electron chi connectivity index (χ0n) is 10.5. The Hall–Kier alpha value is -1.43. The molecule has 100 valence electrons. The van der Waals surface area contributed by atoms with Crippen LogP contribution in [0.4, 0.5) is 0 Å². The molecule has 2 rings (SSSR count). The summed E-state index contributed by atoms with van der Waals surface area (Å²) in [4.78, 5) is 37.1. The molecule has 0 saturated carbocycles. The quantitative estimate of drug-likeness (QED) is 0.702. The first-order chi connectivity index (χ1) is 8.49. The van der Waals surface area contributed by atoms with Crippen LogP contribution >= 0.6 is 0 Å². The van der Waals surface area contributed by atoms with Crippen molar-refractivity contribution in [3.63, 3.8) is 0 Å². The number of carboxylic acids is 1. The normalized spacial score (nSPS) is 29.3. The van der Waals surface area contributed by atoms with Gasteiger partial charge in [0.25, 0.3) is 0 Å². The molecule has 2 aliphatic rings. The highest BCUT2D eigenvalue weighted by Gasteiger charge is 2.35. The molecule has 6 heteroatoms. The lowest BCUT2D eigenvalue weighted by atomic mass is 9.99. The van der Waals surface area contributed by atoms with Gasteiger partial charge in [-0.2, -0.15) is 0 Å². The molecule has 2 unspecified atom stereocenters. The van der Waals surface area contributed by atoms with Crippen molar-refractivity contribution < 1.29 is 19.5 Å². The summed E-state index contributed by atoms with van der Waals surface area (Å²) in [5.41, 5.74) is 0. The summed E-state index contributed by atoms with van der Waals surface area (Å²) in [5, 5.41) is 9.02. The number of carboxylic acid groups (broad SMARTS) is 1. The molecule has 2 aliphatic heterocycles. The van der Waals surface area contributed by atoms with Crippen molar-refractivity contribution in [1.29, 1.82) is 0 Å². The van der Waals surface area contributed by atoms with Crippen LogP contribution in [0.5, 0.6) is 0 Å². The van der Waals surface area contributed by atoms with Gasteiger partial charge in [-0.15, -0.1) is 0 Å². The second-order valence-electron chi connectivity index (χ2n) is 5.12. The third-order valence-electron chi connectivity index (χ3n) is 3.80. The van der Waals surface area contributed by atoms with Crippen molar-refractivity contribution in [3.05, 3.63) is 0 Å². The molecular weight excluding hydrogens is 236 g/mol. The first kappa shape index (κ1) is 13.0. The van der Waals surface area contributed by atoms with Crippen LogP contribution in [-0.4, -0.2) is 58.9 Å². The van der Waals surface area contributed by atoms with E-state index < -0.39 is 5.97 Å². The summed E-state index contributed by atoms with van der Waals surface area (Å²) >= 11 is 0. The second-order valence-corrected chi connectivity index (χ2v) is 5.12. The summed E-state index contributed by atoms with van der Waals surface area (Å²) in [5.74, 6) is -1.20. The molecule has 2 fully saturated rings. The van der Waals surface area contributed by atoms with Crippen LogP contribution in [0.3, 0.4) is 0 Å². The number of imide groups is 1. The van der Waals surface area contributed by atoms with Gasteiger partial charge in [-0.05, 0) is 5.92 Å². The van der Waals surface area contributed by atoms with E-state index in [1.54, 1.807) is 0 Å². The van der Waals surface area contributed by atoms with Crippen molar-refractivity contribution in [2.75, 3.05) is 26.2 Å². The summed E-state index contributed by atoms with van der Waals surface area (Å²) < 4.78 is 0. The van der Waals surface area contributed by atoms with Crippen LogP contribution in [0, 0.1) is 11.8 Å². The molecule has 0 spiro atoms. The molecule has 18 heavy (non-hydrogen) atoms. The molecule has 2 saturated heterocycles. The highest BCUT2D eigenvalue weighted by Crippen LogP contribution is 2.23. The van der Waals surface area contributed by atoms with Crippen molar-refractivity contribution in [2.45, 2.75) is 19.8 Å². The number of amides is 2. The zero-order valence-corrected chi connectivity index (χ0v) is 10.5. The molecule has 0 bridgehead atoms. The SMILES string of the molecule is CC1CN(CCN2C(=O)CCC2=O)CC1C(=O)O. The average Bonchev–Trinajstić information content (AvgIpc) is 2.81. The van der Waals surface area contributed by atoms with Crippen LogP contribution in [0.2, 0.25) is 0 Å². The monoisotopic (exact) mass is 254 g/mol. The van der Waals surface area contributed by atoms with Crippen molar-refractivity contribution in [1.82, 2.24) is 9.80 Å². The van der Waals surface area contributed by atoms with Gasteiger partial charge in [-0.25, -0.2) is 0 Å². The standard InChI is InChI=1S/C12H18N2O4/c1-8-6-13(7-9(8)12(17)18)4-5-14-10(15)2-3-11(14)16/h8-9H,2-7H2,1H3,(H,17,18). The average molecular weight is 254 g/mol. The minimum absolute atomic E-state index is 0.109. The topological polar surface area (TPSA) is 77.9 Å². The van der Waals surface area contributed by atoms with Crippen LogP contribution in [0.1, 0.15) is 19.8 Å². The maximum Gasteiger partial charge on any atom is 0.308 e. The third kappa shape index (κ3) is 2.53. The number of rotatable bonds is 4. The number of hydrogen-bond acceptors (Lipinski definition) is 4. The molecule has 2 heterocycles. The van der Waals surface area contributed by atoms with Crippen molar-refractivity contribution in [2.24, 2.45) is 11.8 Å². The Morgan fingerprint density at radius 1 is 1.22 bits per heavy atom. The van der Waals surface area contributed by atoms with Crippen LogP contribution in [-0.2, 0) is 14.4 Å². The maximum absolute atomic E-state index is 11.4. The first-order valence-corrected chi connectivity index (χ1v) is 6.27. The number of likely N-dealkylation sites (tertiary alicyclic amines) is 2. The maximum atomic E-state index is 11.4. The predicted octanol–water partition coefficient (Wildman–Crippen LogP) is -0.212. The summed E-state index contributed by atoms with van der Waals surface area (Å²) in [7, 11) is 0. The number of carbonyl (C=O) groups excluding carboxylic acids is 2. The largest absolute Gasteiger partial charge is 0.481 e. The van der Waals surface area contributed by atoms with Gasteiger partial charge >= 0.3 is 5.97 Å². The summed E-state index contributed by atoms with van der Waals surface area (Å²) in [6.07, 6.45) is 0.625. The van der Waals surface area contributed by atoms with E-state index in [0.717, 1.165) is 0 Å². The van der Waals surface area contributed by atoms with Crippen LogP contribution in [0.15, 0.2) is 0 Å². The molecule has 0 aromatic rings. The predicted molar refractivity (Wildman–Crippen MR) is 62.7 cm³/mol. The highest BCUT2D eigenvalue weighted by molar-refractivity contribution is 6.01. The van der Waals surface area contributed by atoms with Crippen molar-refractivity contribution >= 4 is 17.8 Å². The smallest absolute Gasteiger partial charge is 0.308 e. The Balaban J connectivity index is 1.83. The van der Waals surface area contributed by atoms with E-state index in [1.165, 1.54) is 4.90 Å². The summed E-state index contributed by atoms with van der Waals surface area (Å²) in [6.45, 7) is 4.10. The molecular formula is C12H18N2O4. The third-order valence-corrected chi connectivity index (χ3v) is 3.80. The van der Waals surface area contributed by atoms with Gasteiger partial charge in [-0.1, -0.05) is 6.92 Å². The molecule has 2 atom stereocenters. The van der Waals surface area contributed by atoms with Gasteiger partial charge in [0, 0.05) is 39.0 Å². The van der Waals surface area contributed by atoms with Crippen LogP contribution in [0.25, 0.3) is 0 Å². The zero-order chi connectivity index (χ0) is 13.3. The molecule has 0 radical (unpaired) electrons. The van der Waals surface area contributed by atoms with Gasteiger partial charge in [0.05, 0.1) is 5.92 Å². The Labute approximate surface area is 106 Å². The molecule has 1 N–H and O–H groups in total. The van der Waals surface area contributed by atoms with E-state index in [-0.39, 0.29) is 23.7 Å².